The molecule has 0 aromatic heterocycles. The summed E-state index contributed by atoms with van der Waals surface area (Å²) in [6, 6.07) is 11.9. The summed E-state index contributed by atoms with van der Waals surface area (Å²) in [6.45, 7) is 0. The molecule has 0 radical (unpaired) electrons. The molecule has 5 nitrogen and oxygen atoms in total. The summed E-state index contributed by atoms with van der Waals surface area (Å²) in [5.41, 5.74) is -1.53. The van der Waals surface area contributed by atoms with Crippen LogP contribution in [0.25, 0.3) is 0 Å². The average molecular weight is 200 g/mol. The lowest BCUT2D eigenvalue weighted by Crippen LogP contribution is -2.21. The van der Waals surface area contributed by atoms with Crippen LogP contribution in [0.1, 0.15) is 6.42 Å². The summed E-state index contributed by atoms with van der Waals surface area (Å²) in [5, 5.41) is 33.5. The SMILES string of the molecule is N#CC[C@](O)(C#N)N=Nc1ccccc1. The molecule has 0 amide bonds. The zero-order valence-corrected chi connectivity index (χ0v) is 7.83. The van der Waals surface area contributed by atoms with E-state index in [0.29, 0.717) is 5.69 Å². The molecule has 0 unspecified atom stereocenters. The van der Waals surface area contributed by atoms with Gasteiger partial charge in [0.05, 0.1) is 11.8 Å². The van der Waals surface area contributed by atoms with Gasteiger partial charge in [-0.2, -0.15) is 15.6 Å². The van der Waals surface area contributed by atoms with E-state index in [9.17, 15) is 5.11 Å². The molecule has 1 aromatic carbocycles. The quantitative estimate of drug-likeness (QED) is 0.596. The maximum atomic E-state index is 9.44. The summed E-state index contributed by atoms with van der Waals surface area (Å²) in [7, 11) is 0. The smallest absolute Gasteiger partial charge is 0.277 e. The maximum absolute atomic E-state index is 9.44. The molecule has 0 aliphatic rings. The van der Waals surface area contributed by atoms with Gasteiger partial charge in [-0.25, -0.2) is 0 Å². The number of nitrogens with zero attached hydrogens (tertiary/aromatic N) is 4. The van der Waals surface area contributed by atoms with E-state index in [-0.39, 0.29) is 0 Å². The lowest BCUT2D eigenvalue weighted by atomic mass is 10.2. The van der Waals surface area contributed by atoms with Gasteiger partial charge in [0.25, 0.3) is 5.72 Å². The molecule has 0 bridgehead atoms. The summed E-state index contributed by atoms with van der Waals surface area (Å²) in [6.07, 6.45) is -0.403. The number of azo groups is 1. The van der Waals surface area contributed by atoms with Gasteiger partial charge in [-0.1, -0.05) is 18.2 Å². The minimum atomic E-state index is -2.05. The number of nitriles is 2. The maximum Gasteiger partial charge on any atom is 0.277 e. The van der Waals surface area contributed by atoms with Crippen molar-refractivity contribution in [1.82, 2.24) is 0 Å². The third-order valence-electron chi connectivity index (χ3n) is 1.59. The zero-order valence-electron chi connectivity index (χ0n) is 7.83. The molecule has 0 spiro atoms. The molecule has 0 saturated carbocycles. The largest absolute Gasteiger partial charge is 0.356 e. The van der Waals surface area contributed by atoms with Crippen molar-refractivity contribution in [1.29, 1.82) is 10.5 Å². The van der Waals surface area contributed by atoms with Crippen LogP contribution in [-0.2, 0) is 0 Å². The van der Waals surface area contributed by atoms with E-state index in [1.807, 2.05) is 6.07 Å². The van der Waals surface area contributed by atoms with Gasteiger partial charge in [-0.15, -0.1) is 5.11 Å². The molecule has 1 rings (SSSR count). The van der Waals surface area contributed by atoms with E-state index in [1.165, 1.54) is 6.07 Å². The lowest BCUT2D eigenvalue weighted by molar-refractivity contribution is 0.107. The molecule has 1 N–H and O–H groups in total. The standard InChI is InChI=1S/C10H8N4O/c11-7-6-10(15,8-12)14-13-9-4-2-1-3-5-9/h1-5,15H,6H2/t10-/m0/s1. The first-order valence-electron chi connectivity index (χ1n) is 4.19. The van der Waals surface area contributed by atoms with Gasteiger partial charge in [-0.3, -0.25) is 0 Å². The summed E-state index contributed by atoms with van der Waals surface area (Å²) in [5.74, 6) is 0. The van der Waals surface area contributed by atoms with E-state index in [0.717, 1.165) is 0 Å². The number of rotatable bonds is 3. The number of aliphatic hydroxyl groups is 1. The second-order valence-corrected chi connectivity index (χ2v) is 2.80. The Morgan fingerprint density at radius 3 is 2.47 bits per heavy atom. The molecule has 1 aromatic rings. The summed E-state index contributed by atoms with van der Waals surface area (Å²) in [4.78, 5) is 0. The molecule has 15 heavy (non-hydrogen) atoms. The van der Waals surface area contributed by atoms with Crippen LogP contribution in [0.2, 0.25) is 0 Å². The van der Waals surface area contributed by atoms with E-state index in [2.05, 4.69) is 10.2 Å². The van der Waals surface area contributed by atoms with Crippen molar-refractivity contribution < 1.29 is 5.11 Å². The van der Waals surface area contributed by atoms with Gasteiger partial charge in [0.15, 0.2) is 0 Å². The topological polar surface area (TPSA) is 92.5 Å². The van der Waals surface area contributed by atoms with Crippen LogP contribution in [-0.4, -0.2) is 10.8 Å². The van der Waals surface area contributed by atoms with Crippen molar-refractivity contribution >= 4 is 5.69 Å². The van der Waals surface area contributed by atoms with E-state index < -0.39 is 12.1 Å². The predicted octanol–water partition coefficient (Wildman–Crippen LogP) is 1.90. The number of hydrogen-bond donors (Lipinski definition) is 1. The fraction of sp³-hybridized carbons (Fsp3) is 0.200. The van der Waals surface area contributed by atoms with Gasteiger partial charge in [0, 0.05) is 0 Å². The van der Waals surface area contributed by atoms with Gasteiger partial charge < -0.3 is 5.11 Å². The van der Waals surface area contributed by atoms with Gasteiger partial charge in [0.2, 0.25) is 0 Å². The Kier molecular flexibility index (Phi) is 3.50. The average Bonchev–Trinajstić information content (AvgIpc) is 2.28. The first kappa shape index (κ1) is 10.8. The summed E-state index contributed by atoms with van der Waals surface area (Å²) < 4.78 is 0. The lowest BCUT2D eigenvalue weighted by Gasteiger charge is -2.07. The predicted molar refractivity (Wildman–Crippen MR) is 51.8 cm³/mol. The first-order valence-corrected chi connectivity index (χ1v) is 4.19. The van der Waals surface area contributed by atoms with E-state index >= 15 is 0 Å². The minimum Gasteiger partial charge on any atom is -0.356 e. The Bertz CT molecular complexity index is 429. The Balaban J connectivity index is 2.82. The van der Waals surface area contributed by atoms with Crippen molar-refractivity contribution in [3.05, 3.63) is 30.3 Å². The van der Waals surface area contributed by atoms with Crippen molar-refractivity contribution in [2.24, 2.45) is 10.2 Å². The Hall–Kier alpha value is -2.24. The fourth-order valence-corrected chi connectivity index (χ4v) is 0.843. The van der Waals surface area contributed by atoms with Crippen molar-refractivity contribution in [3.63, 3.8) is 0 Å². The Morgan fingerprint density at radius 2 is 1.93 bits per heavy atom. The highest BCUT2D eigenvalue weighted by Gasteiger charge is 2.25. The van der Waals surface area contributed by atoms with Crippen LogP contribution in [0.3, 0.4) is 0 Å². The van der Waals surface area contributed by atoms with Crippen LogP contribution in [0, 0.1) is 22.7 Å². The van der Waals surface area contributed by atoms with Crippen molar-refractivity contribution in [3.8, 4) is 12.1 Å². The van der Waals surface area contributed by atoms with Gasteiger partial charge >= 0.3 is 0 Å². The minimum absolute atomic E-state index is 0.403. The molecule has 0 fully saturated rings. The third kappa shape index (κ3) is 3.18. The van der Waals surface area contributed by atoms with E-state index in [1.54, 1.807) is 30.3 Å². The molecular weight excluding hydrogens is 192 g/mol. The van der Waals surface area contributed by atoms with Crippen molar-refractivity contribution in [2.45, 2.75) is 12.1 Å². The zero-order chi connectivity index (χ0) is 11.1. The molecular formula is C10H8N4O. The van der Waals surface area contributed by atoms with Gasteiger partial charge in [0.1, 0.15) is 12.5 Å². The Labute approximate surface area is 86.9 Å². The number of benzene rings is 1. The third-order valence-corrected chi connectivity index (χ3v) is 1.59. The summed E-state index contributed by atoms with van der Waals surface area (Å²) >= 11 is 0. The number of hydrogen-bond acceptors (Lipinski definition) is 5. The fourth-order valence-electron chi connectivity index (χ4n) is 0.843. The first-order chi connectivity index (χ1) is 7.20. The molecule has 5 heteroatoms. The van der Waals surface area contributed by atoms with Crippen molar-refractivity contribution in [2.75, 3.05) is 0 Å². The highest BCUT2D eigenvalue weighted by Crippen LogP contribution is 2.16. The van der Waals surface area contributed by atoms with Crippen LogP contribution in [0.4, 0.5) is 5.69 Å². The van der Waals surface area contributed by atoms with Gasteiger partial charge in [-0.05, 0) is 12.1 Å². The Morgan fingerprint density at radius 1 is 1.27 bits per heavy atom. The molecule has 0 aliphatic heterocycles. The molecule has 0 heterocycles. The molecule has 1 atom stereocenters. The van der Waals surface area contributed by atoms with Crippen LogP contribution in [0.15, 0.2) is 40.6 Å². The highest BCUT2D eigenvalue weighted by molar-refractivity contribution is 5.34. The van der Waals surface area contributed by atoms with Crippen LogP contribution >= 0.6 is 0 Å². The normalized spacial score (nSPS) is 14.1. The molecule has 74 valence electrons. The monoisotopic (exact) mass is 200 g/mol. The highest BCUT2D eigenvalue weighted by atomic mass is 16.3. The van der Waals surface area contributed by atoms with Crippen LogP contribution in [0.5, 0.6) is 0 Å². The second-order valence-electron chi connectivity index (χ2n) is 2.80. The van der Waals surface area contributed by atoms with Crippen LogP contribution < -0.4 is 0 Å². The molecule has 0 aliphatic carbocycles. The van der Waals surface area contributed by atoms with E-state index in [4.69, 9.17) is 10.5 Å². The molecule has 0 saturated heterocycles. The second kappa shape index (κ2) is 4.85.